The van der Waals surface area contributed by atoms with Gasteiger partial charge < -0.3 is 0 Å². The molecule has 1 unspecified atom stereocenters. The van der Waals surface area contributed by atoms with Gasteiger partial charge in [-0.3, -0.25) is 15.1 Å². The van der Waals surface area contributed by atoms with Crippen molar-refractivity contribution < 1.29 is 4.92 Å². The SMILES string of the molecule is Cc1cc(CC(Br)C2CC2)ncc1[N+](=O)[O-]. The summed E-state index contributed by atoms with van der Waals surface area (Å²) in [5.41, 5.74) is 1.71. The monoisotopic (exact) mass is 284 g/mol. The van der Waals surface area contributed by atoms with Crippen LogP contribution in [0.1, 0.15) is 24.1 Å². The maximum absolute atomic E-state index is 10.6. The fourth-order valence-electron chi connectivity index (χ4n) is 1.73. The van der Waals surface area contributed by atoms with E-state index in [1.807, 2.05) is 6.07 Å². The van der Waals surface area contributed by atoms with Crippen molar-refractivity contribution in [2.75, 3.05) is 0 Å². The molecule has 1 aromatic heterocycles. The molecular weight excluding hydrogens is 272 g/mol. The molecule has 1 atom stereocenters. The van der Waals surface area contributed by atoms with Crippen LogP contribution < -0.4 is 0 Å². The summed E-state index contributed by atoms with van der Waals surface area (Å²) >= 11 is 3.64. The number of aromatic nitrogens is 1. The average molecular weight is 285 g/mol. The van der Waals surface area contributed by atoms with E-state index in [0.717, 1.165) is 18.0 Å². The van der Waals surface area contributed by atoms with Crippen LogP contribution in [0.5, 0.6) is 0 Å². The fourth-order valence-corrected chi connectivity index (χ4v) is 2.59. The lowest BCUT2D eigenvalue weighted by Gasteiger charge is -2.07. The minimum Gasteiger partial charge on any atom is -0.258 e. The molecule has 0 amide bonds. The Morgan fingerprint density at radius 1 is 1.69 bits per heavy atom. The molecule has 1 saturated carbocycles. The van der Waals surface area contributed by atoms with Crippen molar-refractivity contribution in [3.05, 3.63) is 33.6 Å². The Morgan fingerprint density at radius 3 is 2.88 bits per heavy atom. The first-order valence-electron chi connectivity index (χ1n) is 5.32. The molecule has 0 saturated heterocycles. The third-order valence-corrected chi connectivity index (χ3v) is 3.95. The second kappa shape index (κ2) is 4.49. The molecule has 0 bridgehead atoms. The molecule has 1 heterocycles. The highest BCUT2D eigenvalue weighted by Crippen LogP contribution is 2.38. The predicted octanol–water partition coefficient (Wildman–Crippen LogP) is 3.01. The van der Waals surface area contributed by atoms with Gasteiger partial charge in [0.15, 0.2) is 0 Å². The summed E-state index contributed by atoms with van der Waals surface area (Å²) in [6.07, 6.45) is 4.77. The Labute approximate surface area is 102 Å². The summed E-state index contributed by atoms with van der Waals surface area (Å²) in [4.78, 5) is 14.8. The molecular formula is C11H13BrN2O2. The molecule has 1 fully saturated rings. The highest BCUT2D eigenvalue weighted by molar-refractivity contribution is 9.09. The number of hydrogen-bond donors (Lipinski definition) is 0. The van der Waals surface area contributed by atoms with E-state index < -0.39 is 4.92 Å². The van der Waals surface area contributed by atoms with Gasteiger partial charge in [-0.15, -0.1) is 0 Å². The van der Waals surface area contributed by atoms with E-state index in [0.29, 0.717) is 10.4 Å². The first-order chi connectivity index (χ1) is 7.58. The van der Waals surface area contributed by atoms with Gasteiger partial charge in [0, 0.05) is 22.5 Å². The number of nitrogens with zero attached hydrogens (tertiary/aromatic N) is 2. The fraction of sp³-hybridized carbons (Fsp3) is 0.545. The molecule has 1 aromatic rings. The average Bonchev–Trinajstić information content (AvgIpc) is 2.99. The van der Waals surface area contributed by atoms with Crippen LogP contribution in [0.25, 0.3) is 0 Å². The lowest BCUT2D eigenvalue weighted by atomic mass is 10.1. The summed E-state index contributed by atoms with van der Waals surface area (Å²) in [7, 11) is 0. The summed E-state index contributed by atoms with van der Waals surface area (Å²) < 4.78 is 0. The normalized spacial score (nSPS) is 17.1. The quantitative estimate of drug-likeness (QED) is 0.485. The van der Waals surface area contributed by atoms with Gasteiger partial charge in [0.25, 0.3) is 5.69 Å². The molecule has 86 valence electrons. The van der Waals surface area contributed by atoms with Crippen LogP contribution in [0.2, 0.25) is 0 Å². The summed E-state index contributed by atoms with van der Waals surface area (Å²) in [5, 5.41) is 10.6. The van der Waals surface area contributed by atoms with Crippen molar-refractivity contribution in [2.24, 2.45) is 5.92 Å². The Balaban J connectivity index is 2.10. The highest BCUT2D eigenvalue weighted by Gasteiger charge is 2.29. The molecule has 1 aliphatic carbocycles. The van der Waals surface area contributed by atoms with Crippen molar-refractivity contribution in [1.82, 2.24) is 4.98 Å². The summed E-state index contributed by atoms with van der Waals surface area (Å²) in [5.74, 6) is 0.761. The molecule has 0 N–H and O–H groups in total. The Hall–Kier alpha value is -0.970. The van der Waals surface area contributed by atoms with Gasteiger partial charge in [0.1, 0.15) is 6.20 Å². The third-order valence-electron chi connectivity index (χ3n) is 2.87. The van der Waals surface area contributed by atoms with E-state index >= 15 is 0 Å². The highest BCUT2D eigenvalue weighted by atomic mass is 79.9. The van der Waals surface area contributed by atoms with Crippen LogP contribution in [-0.4, -0.2) is 14.7 Å². The van der Waals surface area contributed by atoms with Crippen molar-refractivity contribution in [2.45, 2.75) is 31.0 Å². The number of hydrogen-bond acceptors (Lipinski definition) is 3. The van der Waals surface area contributed by atoms with Gasteiger partial charge in [0.05, 0.1) is 4.92 Å². The van der Waals surface area contributed by atoms with Gasteiger partial charge in [-0.2, -0.15) is 0 Å². The van der Waals surface area contributed by atoms with E-state index in [1.54, 1.807) is 6.92 Å². The molecule has 1 aliphatic rings. The van der Waals surface area contributed by atoms with E-state index in [1.165, 1.54) is 19.0 Å². The maximum atomic E-state index is 10.6. The minimum absolute atomic E-state index is 0.0984. The van der Waals surface area contributed by atoms with Gasteiger partial charge in [-0.25, -0.2) is 0 Å². The molecule has 2 rings (SSSR count). The third kappa shape index (κ3) is 2.58. The molecule has 4 nitrogen and oxygen atoms in total. The van der Waals surface area contributed by atoms with E-state index in [9.17, 15) is 10.1 Å². The summed E-state index contributed by atoms with van der Waals surface area (Å²) in [6, 6.07) is 1.81. The zero-order valence-corrected chi connectivity index (χ0v) is 10.6. The number of pyridine rings is 1. The van der Waals surface area contributed by atoms with Gasteiger partial charge in [0.2, 0.25) is 0 Å². The second-order valence-corrected chi connectivity index (χ2v) is 5.45. The van der Waals surface area contributed by atoms with Crippen LogP contribution in [-0.2, 0) is 6.42 Å². The lowest BCUT2D eigenvalue weighted by Crippen LogP contribution is -2.07. The largest absolute Gasteiger partial charge is 0.290 e. The topological polar surface area (TPSA) is 56.0 Å². The molecule has 5 heteroatoms. The molecule has 16 heavy (non-hydrogen) atoms. The number of halogens is 1. The van der Waals surface area contributed by atoms with Crippen LogP contribution >= 0.6 is 15.9 Å². The van der Waals surface area contributed by atoms with E-state index in [4.69, 9.17) is 0 Å². The van der Waals surface area contributed by atoms with Crippen LogP contribution in [0.3, 0.4) is 0 Å². The smallest absolute Gasteiger partial charge is 0.258 e. The predicted molar refractivity (Wildman–Crippen MR) is 64.8 cm³/mol. The first kappa shape index (κ1) is 11.5. The number of rotatable bonds is 4. The van der Waals surface area contributed by atoms with Gasteiger partial charge in [-0.05, 0) is 31.7 Å². The molecule has 0 aromatic carbocycles. The van der Waals surface area contributed by atoms with Crippen LogP contribution in [0.15, 0.2) is 12.3 Å². The lowest BCUT2D eigenvalue weighted by molar-refractivity contribution is -0.385. The van der Waals surface area contributed by atoms with Crippen LogP contribution in [0.4, 0.5) is 5.69 Å². The van der Waals surface area contributed by atoms with Crippen molar-refractivity contribution in [3.8, 4) is 0 Å². The molecule has 0 spiro atoms. The van der Waals surface area contributed by atoms with Crippen LogP contribution in [0, 0.1) is 23.0 Å². The zero-order valence-electron chi connectivity index (χ0n) is 9.02. The number of alkyl halides is 1. The molecule has 0 aliphatic heterocycles. The minimum atomic E-state index is -0.390. The number of nitro groups is 1. The first-order valence-corrected chi connectivity index (χ1v) is 6.23. The Kier molecular flexibility index (Phi) is 3.23. The Bertz CT molecular complexity index is 418. The Morgan fingerprint density at radius 2 is 2.38 bits per heavy atom. The van der Waals surface area contributed by atoms with Gasteiger partial charge in [-0.1, -0.05) is 15.9 Å². The molecule has 0 radical (unpaired) electrons. The van der Waals surface area contributed by atoms with E-state index in [-0.39, 0.29) is 5.69 Å². The number of aryl methyl sites for hydroxylation is 1. The maximum Gasteiger partial charge on any atom is 0.290 e. The summed E-state index contributed by atoms with van der Waals surface area (Å²) in [6.45, 7) is 1.75. The van der Waals surface area contributed by atoms with E-state index in [2.05, 4.69) is 20.9 Å². The van der Waals surface area contributed by atoms with Crippen molar-refractivity contribution >= 4 is 21.6 Å². The second-order valence-electron chi connectivity index (χ2n) is 4.28. The van der Waals surface area contributed by atoms with Crippen molar-refractivity contribution in [1.29, 1.82) is 0 Å². The standard InChI is InChI=1S/C11H13BrN2O2/c1-7-4-9(5-10(12)8-2-3-8)13-6-11(7)14(15)16/h4,6,8,10H,2-3,5H2,1H3. The van der Waals surface area contributed by atoms with Gasteiger partial charge >= 0.3 is 0 Å². The zero-order chi connectivity index (χ0) is 11.7. The van der Waals surface area contributed by atoms with Crippen molar-refractivity contribution in [3.63, 3.8) is 0 Å².